The smallest absolute Gasteiger partial charge is 0.326 e. The molecule has 4 rings (SSSR count). The van der Waals surface area contributed by atoms with Crippen molar-refractivity contribution in [2.45, 2.75) is 18.6 Å². The molecule has 3 aromatic rings. The highest BCUT2D eigenvalue weighted by Gasteiger charge is 2.36. The largest absolute Gasteiger partial charge is 0.416 e. The van der Waals surface area contributed by atoms with Crippen molar-refractivity contribution >= 4 is 35.8 Å². The van der Waals surface area contributed by atoms with Gasteiger partial charge in [0, 0.05) is 12.1 Å². The lowest BCUT2D eigenvalue weighted by Crippen LogP contribution is -2.43. The summed E-state index contributed by atoms with van der Waals surface area (Å²) in [6, 6.07) is 4.96. The van der Waals surface area contributed by atoms with E-state index in [-0.39, 0.29) is 35.5 Å². The molecule has 0 unspecified atom stereocenters. The Kier molecular flexibility index (Phi) is 7.72. The molecule has 1 aliphatic rings. The number of rotatable bonds is 5. The van der Waals surface area contributed by atoms with Gasteiger partial charge in [-0.25, -0.2) is 22.4 Å². The van der Waals surface area contributed by atoms with Gasteiger partial charge in [0.25, 0.3) is 0 Å². The summed E-state index contributed by atoms with van der Waals surface area (Å²) in [4.78, 5) is 26.0. The molecule has 0 saturated carbocycles. The van der Waals surface area contributed by atoms with Gasteiger partial charge in [-0.2, -0.15) is 13.2 Å². The standard InChI is InChI=1S/C26H21F7N3O3P/c1-40(2,39)23-15(4-3-5-16(23)27)14-7-9-20(22(30)21(14)29)36-11-10-19(24(36)37)35-25(38)34-18-8-6-13(12-17(18)28)26(31,32)33/h3-9,12,19H,10-11H2,1-2H3,(H2,34,35,38)/t19-/m1/s1. The van der Waals surface area contributed by atoms with Crippen LogP contribution in [0, 0.1) is 23.3 Å². The van der Waals surface area contributed by atoms with E-state index < -0.39 is 71.5 Å². The van der Waals surface area contributed by atoms with Crippen LogP contribution in [0.4, 0.5) is 46.9 Å². The minimum Gasteiger partial charge on any atom is -0.326 e. The number of alkyl halides is 3. The van der Waals surface area contributed by atoms with Crippen LogP contribution in [0.1, 0.15) is 12.0 Å². The van der Waals surface area contributed by atoms with Crippen LogP contribution in [-0.2, 0) is 15.5 Å². The summed E-state index contributed by atoms with van der Waals surface area (Å²) in [5.41, 5.74) is -2.75. The molecule has 1 saturated heterocycles. The van der Waals surface area contributed by atoms with Crippen molar-refractivity contribution in [3.05, 3.63) is 77.4 Å². The zero-order chi connectivity index (χ0) is 29.6. The maximum Gasteiger partial charge on any atom is 0.416 e. The zero-order valence-corrected chi connectivity index (χ0v) is 21.8. The molecule has 6 nitrogen and oxygen atoms in total. The molecule has 40 heavy (non-hydrogen) atoms. The highest BCUT2D eigenvalue weighted by molar-refractivity contribution is 7.70. The average molecular weight is 587 g/mol. The fourth-order valence-corrected chi connectivity index (χ4v) is 5.76. The van der Waals surface area contributed by atoms with Crippen LogP contribution >= 0.6 is 7.14 Å². The predicted octanol–water partition coefficient (Wildman–Crippen LogP) is 6.10. The predicted molar refractivity (Wildman–Crippen MR) is 135 cm³/mol. The van der Waals surface area contributed by atoms with Crippen LogP contribution in [0.15, 0.2) is 48.5 Å². The van der Waals surface area contributed by atoms with Crippen LogP contribution in [0.3, 0.4) is 0 Å². The number of benzene rings is 3. The topological polar surface area (TPSA) is 78.5 Å². The van der Waals surface area contributed by atoms with Gasteiger partial charge in [-0.1, -0.05) is 12.1 Å². The maximum absolute atomic E-state index is 15.2. The number of carbonyl (C=O) groups is 2. The minimum absolute atomic E-state index is 0.0482. The Balaban J connectivity index is 1.52. The van der Waals surface area contributed by atoms with Crippen molar-refractivity contribution in [3.63, 3.8) is 0 Å². The molecule has 1 atom stereocenters. The number of hydrogen-bond donors (Lipinski definition) is 2. The molecule has 1 fully saturated rings. The Bertz CT molecular complexity index is 1560. The number of urea groups is 1. The number of carbonyl (C=O) groups excluding carboxylic acids is 2. The third-order valence-corrected chi connectivity index (χ3v) is 7.76. The number of amides is 3. The van der Waals surface area contributed by atoms with E-state index in [1.165, 1.54) is 25.5 Å². The summed E-state index contributed by atoms with van der Waals surface area (Å²) in [5.74, 6) is -5.86. The molecule has 3 amide bonds. The molecule has 1 aliphatic heterocycles. The zero-order valence-electron chi connectivity index (χ0n) is 20.9. The van der Waals surface area contributed by atoms with E-state index in [0.717, 1.165) is 23.1 Å². The van der Waals surface area contributed by atoms with Crippen molar-refractivity contribution in [1.82, 2.24) is 5.32 Å². The Morgan fingerprint density at radius 1 is 0.950 bits per heavy atom. The first-order chi connectivity index (χ1) is 18.6. The highest BCUT2D eigenvalue weighted by atomic mass is 31.2. The third kappa shape index (κ3) is 5.70. The van der Waals surface area contributed by atoms with E-state index in [2.05, 4.69) is 5.32 Å². The summed E-state index contributed by atoms with van der Waals surface area (Å²) in [7, 11) is -3.24. The Labute approximate surface area is 223 Å². The van der Waals surface area contributed by atoms with Gasteiger partial charge in [0.15, 0.2) is 11.6 Å². The van der Waals surface area contributed by atoms with Gasteiger partial charge in [0.1, 0.15) is 24.8 Å². The molecular formula is C26H21F7N3O3P. The molecule has 0 aliphatic carbocycles. The van der Waals surface area contributed by atoms with Crippen LogP contribution in [0.25, 0.3) is 11.1 Å². The lowest BCUT2D eigenvalue weighted by Gasteiger charge is -2.20. The van der Waals surface area contributed by atoms with Crippen molar-refractivity contribution in [3.8, 4) is 11.1 Å². The van der Waals surface area contributed by atoms with Gasteiger partial charge >= 0.3 is 12.2 Å². The van der Waals surface area contributed by atoms with Crippen LogP contribution in [0.2, 0.25) is 0 Å². The van der Waals surface area contributed by atoms with E-state index in [4.69, 9.17) is 0 Å². The summed E-state index contributed by atoms with van der Waals surface area (Å²) in [6.45, 7) is 2.43. The molecule has 0 aromatic heterocycles. The fourth-order valence-electron chi connectivity index (χ4n) is 4.40. The van der Waals surface area contributed by atoms with E-state index in [1.54, 1.807) is 0 Å². The molecule has 2 N–H and O–H groups in total. The first-order valence-corrected chi connectivity index (χ1v) is 14.3. The van der Waals surface area contributed by atoms with Crippen molar-refractivity contribution < 1.29 is 44.9 Å². The van der Waals surface area contributed by atoms with Gasteiger partial charge in [-0.05, 0) is 61.7 Å². The van der Waals surface area contributed by atoms with Crippen molar-refractivity contribution in [2.24, 2.45) is 0 Å². The Hall–Kier alpha value is -3.86. The molecule has 3 aromatic carbocycles. The number of nitrogens with one attached hydrogen (secondary N) is 2. The van der Waals surface area contributed by atoms with E-state index in [0.29, 0.717) is 12.1 Å². The summed E-state index contributed by atoms with van der Waals surface area (Å²) in [5, 5.41) is 3.99. The molecule has 1 heterocycles. The SMILES string of the molecule is CP(C)(=O)c1c(F)cccc1-c1ccc(N2CC[C@@H](NC(=O)Nc3ccc(C(F)(F)F)cc3F)C2=O)c(F)c1F. The lowest BCUT2D eigenvalue weighted by atomic mass is 10.0. The lowest BCUT2D eigenvalue weighted by molar-refractivity contribution is -0.137. The van der Waals surface area contributed by atoms with Gasteiger partial charge in [-0.3, -0.25) is 4.79 Å². The highest BCUT2D eigenvalue weighted by Crippen LogP contribution is 2.42. The summed E-state index contributed by atoms with van der Waals surface area (Å²) in [6.07, 6.45) is -4.84. The number of hydrogen-bond acceptors (Lipinski definition) is 3. The molecule has 0 bridgehead atoms. The van der Waals surface area contributed by atoms with Crippen LogP contribution in [-0.4, -0.2) is 37.9 Å². The van der Waals surface area contributed by atoms with Gasteiger partial charge < -0.3 is 20.1 Å². The molecule has 0 spiro atoms. The van der Waals surface area contributed by atoms with Crippen LogP contribution in [0.5, 0.6) is 0 Å². The second-order valence-electron chi connectivity index (χ2n) is 9.37. The van der Waals surface area contributed by atoms with E-state index in [1.807, 2.05) is 5.32 Å². The quantitative estimate of drug-likeness (QED) is 0.280. The molecular weight excluding hydrogens is 566 g/mol. The summed E-state index contributed by atoms with van der Waals surface area (Å²) >= 11 is 0. The average Bonchev–Trinajstić information content (AvgIpc) is 3.20. The molecule has 0 radical (unpaired) electrons. The number of anilines is 2. The van der Waals surface area contributed by atoms with Crippen LogP contribution < -0.4 is 20.8 Å². The number of halogens is 7. The first-order valence-electron chi connectivity index (χ1n) is 11.7. The minimum atomic E-state index is -4.79. The second kappa shape index (κ2) is 10.6. The summed E-state index contributed by atoms with van der Waals surface area (Å²) < 4.78 is 110. The first kappa shape index (κ1) is 29.1. The third-order valence-electron chi connectivity index (χ3n) is 6.22. The number of nitrogens with zero attached hydrogens (tertiary/aromatic N) is 1. The van der Waals surface area contributed by atoms with Gasteiger partial charge in [0.2, 0.25) is 5.91 Å². The van der Waals surface area contributed by atoms with E-state index >= 15 is 8.78 Å². The Morgan fingerprint density at radius 3 is 2.27 bits per heavy atom. The van der Waals surface area contributed by atoms with E-state index in [9.17, 15) is 36.1 Å². The fraction of sp³-hybridized carbons (Fsp3) is 0.231. The van der Waals surface area contributed by atoms with Gasteiger partial charge in [-0.15, -0.1) is 0 Å². The molecule has 14 heteroatoms. The second-order valence-corrected chi connectivity index (χ2v) is 12.5. The Morgan fingerprint density at radius 2 is 1.65 bits per heavy atom. The molecule has 212 valence electrons. The van der Waals surface area contributed by atoms with Crippen molar-refractivity contribution in [1.29, 1.82) is 0 Å². The van der Waals surface area contributed by atoms with Gasteiger partial charge in [0.05, 0.1) is 22.2 Å². The maximum atomic E-state index is 15.2. The normalized spacial score (nSPS) is 15.9. The van der Waals surface area contributed by atoms with Crippen molar-refractivity contribution in [2.75, 3.05) is 30.1 Å². The monoisotopic (exact) mass is 587 g/mol.